The van der Waals surface area contributed by atoms with E-state index < -0.39 is 6.04 Å². The number of carbonyl (C=O) groups excluding carboxylic acids is 1. The Morgan fingerprint density at radius 2 is 2.20 bits per heavy atom. The smallest absolute Gasteiger partial charge is 0.242 e. The zero-order valence-corrected chi connectivity index (χ0v) is 14.4. The van der Waals surface area contributed by atoms with Crippen molar-refractivity contribution in [1.29, 1.82) is 0 Å². The van der Waals surface area contributed by atoms with Crippen LogP contribution in [0.25, 0.3) is 0 Å². The molecule has 0 aliphatic carbocycles. The van der Waals surface area contributed by atoms with Gasteiger partial charge in [-0.3, -0.25) is 4.79 Å². The molecule has 25 heavy (non-hydrogen) atoms. The van der Waals surface area contributed by atoms with E-state index in [2.05, 4.69) is 39.4 Å². The van der Waals surface area contributed by atoms with Gasteiger partial charge in [0.15, 0.2) is 0 Å². The highest BCUT2D eigenvalue weighted by atomic mass is 16.2. The molecule has 2 aromatic heterocycles. The molecule has 0 saturated heterocycles. The number of hydrogen-bond acceptors (Lipinski definition) is 4. The molecular weight excluding hydrogens is 316 g/mol. The minimum absolute atomic E-state index is 0.250. The molecule has 7 heteroatoms. The third-order valence-corrected chi connectivity index (χ3v) is 3.90. The number of nitrogens with one attached hydrogen (secondary N) is 2. The second-order valence-corrected chi connectivity index (χ2v) is 6.19. The Morgan fingerprint density at radius 3 is 2.92 bits per heavy atom. The molecule has 130 valence electrons. The first kappa shape index (κ1) is 16.9. The second-order valence-electron chi connectivity index (χ2n) is 6.19. The number of H-pyrrole nitrogens is 1. The monoisotopic (exact) mass is 338 g/mol. The van der Waals surface area contributed by atoms with Crippen LogP contribution in [-0.4, -0.2) is 31.7 Å². The van der Waals surface area contributed by atoms with E-state index in [9.17, 15) is 4.79 Å². The van der Waals surface area contributed by atoms with Crippen LogP contribution in [0.15, 0.2) is 42.9 Å². The molecule has 0 bridgehead atoms. The Labute approximate surface area is 146 Å². The summed E-state index contributed by atoms with van der Waals surface area (Å²) in [6.45, 7) is 4.53. The van der Waals surface area contributed by atoms with Crippen molar-refractivity contribution in [2.75, 3.05) is 5.32 Å². The molecule has 0 unspecified atom stereocenters. The molecule has 1 amide bonds. The van der Waals surface area contributed by atoms with Crippen LogP contribution in [0.2, 0.25) is 0 Å². The summed E-state index contributed by atoms with van der Waals surface area (Å²) in [4.78, 5) is 19.3. The number of carbonyl (C=O) groups is 1. The first-order valence-corrected chi connectivity index (χ1v) is 8.15. The van der Waals surface area contributed by atoms with E-state index in [0.717, 1.165) is 17.0 Å². The third kappa shape index (κ3) is 4.33. The minimum Gasteiger partial charge on any atom is -0.348 e. The number of anilines is 1. The van der Waals surface area contributed by atoms with Gasteiger partial charge < -0.3 is 16.0 Å². The van der Waals surface area contributed by atoms with Gasteiger partial charge in [-0.25, -0.2) is 9.67 Å². The van der Waals surface area contributed by atoms with Crippen molar-refractivity contribution in [1.82, 2.24) is 19.7 Å². The van der Waals surface area contributed by atoms with E-state index in [-0.39, 0.29) is 5.91 Å². The fourth-order valence-electron chi connectivity index (χ4n) is 2.69. The van der Waals surface area contributed by atoms with E-state index in [1.807, 2.05) is 25.1 Å². The largest absolute Gasteiger partial charge is 0.348 e. The molecule has 0 aliphatic heterocycles. The van der Waals surface area contributed by atoms with Crippen LogP contribution < -0.4 is 11.1 Å². The first-order valence-electron chi connectivity index (χ1n) is 8.15. The molecule has 4 N–H and O–H groups in total. The number of rotatable bonds is 6. The van der Waals surface area contributed by atoms with Crippen LogP contribution in [-0.2, 0) is 17.8 Å². The number of nitrogens with two attached hydrogens (primary N) is 1. The zero-order chi connectivity index (χ0) is 17.8. The van der Waals surface area contributed by atoms with E-state index >= 15 is 0 Å². The van der Waals surface area contributed by atoms with Crippen LogP contribution in [0.5, 0.6) is 0 Å². The molecule has 0 radical (unpaired) electrons. The number of amides is 1. The summed E-state index contributed by atoms with van der Waals surface area (Å²) in [7, 11) is 0. The van der Waals surface area contributed by atoms with Crippen molar-refractivity contribution in [3.63, 3.8) is 0 Å². The van der Waals surface area contributed by atoms with Gasteiger partial charge >= 0.3 is 0 Å². The number of hydrogen-bond donors (Lipinski definition) is 3. The van der Waals surface area contributed by atoms with Crippen molar-refractivity contribution < 1.29 is 4.79 Å². The highest BCUT2D eigenvalue weighted by Gasteiger charge is 2.17. The molecule has 0 aliphatic rings. The van der Waals surface area contributed by atoms with Crippen LogP contribution in [0.1, 0.15) is 22.5 Å². The quantitative estimate of drug-likeness (QED) is 0.637. The van der Waals surface area contributed by atoms with Crippen LogP contribution in [0, 0.1) is 13.8 Å². The summed E-state index contributed by atoms with van der Waals surface area (Å²) in [5, 5.41) is 7.35. The lowest BCUT2D eigenvalue weighted by Gasteiger charge is -2.13. The molecule has 0 fully saturated rings. The normalized spacial score (nSPS) is 12.1. The summed E-state index contributed by atoms with van der Waals surface area (Å²) < 4.78 is 1.78. The van der Waals surface area contributed by atoms with Crippen molar-refractivity contribution in [2.45, 2.75) is 32.9 Å². The lowest BCUT2D eigenvalue weighted by molar-refractivity contribution is -0.117. The number of benzene rings is 1. The van der Waals surface area contributed by atoms with Crippen LogP contribution in [0.4, 0.5) is 5.82 Å². The summed E-state index contributed by atoms with van der Waals surface area (Å²) in [6, 6.07) is 9.39. The lowest BCUT2D eigenvalue weighted by Crippen LogP contribution is -2.38. The maximum absolute atomic E-state index is 12.4. The van der Waals surface area contributed by atoms with Gasteiger partial charge in [-0.2, -0.15) is 5.10 Å². The zero-order valence-electron chi connectivity index (χ0n) is 14.4. The number of nitrogens with zero attached hydrogens (tertiary/aromatic N) is 3. The number of aryl methyl sites for hydroxylation is 2. The van der Waals surface area contributed by atoms with Crippen LogP contribution in [0.3, 0.4) is 0 Å². The first-order chi connectivity index (χ1) is 12.0. The highest BCUT2D eigenvalue weighted by molar-refractivity contribution is 5.94. The molecule has 0 saturated carbocycles. The van der Waals surface area contributed by atoms with Crippen molar-refractivity contribution in [2.24, 2.45) is 5.73 Å². The van der Waals surface area contributed by atoms with Gasteiger partial charge in [0.25, 0.3) is 0 Å². The average Bonchev–Trinajstić information content (AvgIpc) is 3.17. The fourth-order valence-corrected chi connectivity index (χ4v) is 2.69. The summed E-state index contributed by atoms with van der Waals surface area (Å²) in [5.74, 6) is 0.393. The van der Waals surface area contributed by atoms with Gasteiger partial charge in [0, 0.05) is 24.4 Å². The molecule has 2 heterocycles. The summed E-state index contributed by atoms with van der Waals surface area (Å²) in [6.07, 6.45) is 3.64. The lowest BCUT2D eigenvalue weighted by atomic mass is 10.1. The Kier molecular flexibility index (Phi) is 4.95. The number of aromatic amines is 1. The Balaban J connectivity index is 1.70. The number of imidazole rings is 1. The second kappa shape index (κ2) is 7.31. The average molecular weight is 338 g/mol. The van der Waals surface area contributed by atoms with Gasteiger partial charge in [0.05, 0.1) is 24.6 Å². The standard InChI is InChI=1S/C18H22N6O/c1-12-4-3-5-14(6-12)10-24-17(7-13(2)23-24)22-18(25)16(19)8-15-9-20-11-21-15/h3-7,9,11,16H,8,10,19H2,1-2H3,(H,20,21)(H,22,25)/t16-/m0/s1. The van der Waals surface area contributed by atoms with Gasteiger partial charge in [0.1, 0.15) is 5.82 Å². The van der Waals surface area contributed by atoms with E-state index in [4.69, 9.17) is 5.73 Å². The molecule has 1 atom stereocenters. The Bertz CT molecular complexity index is 852. The Morgan fingerprint density at radius 1 is 1.36 bits per heavy atom. The SMILES string of the molecule is Cc1cccc(Cn2nc(C)cc2NC(=O)[C@@H](N)Cc2cnc[nH]2)c1. The van der Waals surface area contributed by atoms with Crippen LogP contribution >= 0.6 is 0 Å². The summed E-state index contributed by atoms with van der Waals surface area (Å²) >= 11 is 0. The molecule has 3 rings (SSSR count). The van der Waals surface area contributed by atoms with E-state index in [0.29, 0.717) is 18.8 Å². The van der Waals surface area contributed by atoms with Crippen molar-refractivity contribution in [3.8, 4) is 0 Å². The molecular formula is C18H22N6O. The molecule has 3 aromatic rings. The van der Waals surface area contributed by atoms with Crippen molar-refractivity contribution in [3.05, 3.63) is 65.4 Å². The van der Waals surface area contributed by atoms with Gasteiger partial charge in [0.2, 0.25) is 5.91 Å². The van der Waals surface area contributed by atoms with E-state index in [1.165, 1.54) is 5.56 Å². The third-order valence-electron chi connectivity index (χ3n) is 3.90. The fraction of sp³-hybridized carbons (Fsp3) is 0.278. The maximum Gasteiger partial charge on any atom is 0.242 e. The molecule has 7 nitrogen and oxygen atoms in total. The highest BCUT2D eigenvalue weighted by Crippen LogP contribution is 2.14. The topological polar surface area (TPSA) is 102 Å². The van der Waals surface area contributed by atoms with Crippen molar-refractivity contribution >= 4 is 11.7 Å². The van der Waals surface area contributed by atoms with Gasteiger partial charge in [-0.1, -0.05) is 29.8 Å². The van der Waals surface area contributed by atoms with E-state index in [1.54, 1.807) is 17.2 Å². The predicted octanol–water partition coefficient (Wildman–Crippen LogP) is 1.78. The summed E-state index contributed by atoms with van der Waals surface area (Å²) in [5.41, 5.74) is 9.97. The Hall–Kier alpha value is -2.93. The van der Waals surface area contributed by atoms with Gasteiger partial charge in [-0.05, 0) is 19.4 Å². The number of aromatic nitrogens is 4. The minimum atomic E-state index is -0.664. The maximum atomic E-state index is 12.4. The predicted molar refractivity (Wildman–Crippen MR) is 96.1 cm³/mol. The molecule has 1 aromatic carbocycles. The molecule has 0 spiro atoms. The van der Waals surface area contributed by atoms with Gasteiger partial charge in [-0.15, -0.1) is 0 Å².